The van der Waals surface area contributed by atoms with Crippen LogP contribution in [0, 0.1) is 6.92 Å². The first-order valence-electron chi connectivity index (χ1n) is 6.08. The maximum Gasteiger partial charge on any atom is 0.105 e. The lowest BCUT2D eigenvalue weighted by atomic mass is 10.1. The van der Waals surface area contributed by atoms with Crippen molar-refractivity contribution in [2.75, 3.05) is 6.54 Å². The summed E-state index contributed by atoms with van der Waals surface area (Å²) in [5.41, 5.74) is 2.63. The second-order valence-corrected chi connectivity index (χ2v) is 4.42. The van der Waals surface area contributed by atoms with Gasteiger partial charge in [-0.05, 0) is 31.5 Å². The third-order valence-corrected chi connectivity index (χ3v) is 2.98. The van der Waals surface area contributed by atoms with Gasteiger partial charge in [0.15, 0.2) is 0 Å². The zero-order valence-corrected chi connectivity index (χ0v) is 10.4. The van der Waals surface area contributed by atoms with Crippen molar-refractivity contribution in [2.45, 2.75) is 26.3 Å². The molecule has 0 aliphatic heterocycles. The van der Waals surface area contributed by atoms with Crippen molar-refractivity contribution in [3.05, 3.63) is 59.5 Å². The van der Waals surface area contributed by atoms with Crippen LogP contribution in [0.15, 0.2) is 47.1 Å². The summed E-state index contributed by atoms with van der Waals surface area (Å²) < 4.78 is 5.30. The molecule has 0 radical (unpaired) electrons. The van der Waals surface area contributed by atoms with E-state index in [1.54, 1.807) is 6.26 Å². The molecule has 0 spiro atoms. The van der Waals surface area contributed by atoms with Crippen LogP contribution in [0.3, 0.4) is 0 Å². The topological polar surface area (TPSA) is 25.2 Å². The Kier molecular flexibility index (Phi) is 3.99. The average molecular weight is 229 g/mol. The Labute approximate surface area is 103 Å². The molecule has 1 aromatic heterocycles. The second kappa shape index (κ2) is 5.69. The highest BCUT2D eigenvalue weighted by atomic mass is 16.3. The third kappa shape index (κ3) is 3.46. The summed E-state index contributed by atoms with van der Waals surface area (Å²) in [7, 11) is 0. The fourth-order valence-corrected chi connectivity index (χ4v) is 1.84. The number of hydrogen-bond acceptors (Lipinski definition) is 2. The van der Waals surface area contributed by atoms with Crippen molar-refractivity contribution >= 4 is 0 Å². The normalized spacial score (nSPS) is 12.6. The van der Waals surface area contributed by atoms with E-state index in [4.69, 9.17) is 4.42 Å². The summed E-state index contributed by atoms with van der Waals surface area (Å²) in [6.07, 6.45) is 2.65. The molecule has 1 atom stereocenters. The quantitative estimate of drug-likeness (QED) is 0.849. The number of aryl methyl sites for hydroxylation is 1. The van der Waals surface area contributed by atoms with Gasteiger partial charge in [-0.2, -0.15) is 0 Å². The monoisotopic (exact) mass is 229 g/mol. The first-order chi connectivity index (χ1) is 8.25. The maximum absolute atomic E-state index is 5.30. The van der Waals surface area contributed by atoms with Gasteiger partial charge in [-0.15, -0.1) is 0 Å². The van der Waals surface area contributed by atoms with Gasteiger partial charge in [0.2, 0.25) is 0 Å². The number of benzene rings is 1. The van der Waals surface area contributed by atoms with E-state index in [0.29, 0.717) is 6.04 Å². The number of nitrogens with one attached hydrogen (secondary N) is 1. The van der Waals surface area contributed by atoms with E-state index in [9.17, 15) is 0 Å². The van der Waals surface area contributed by atoms with Crippen LogP contribution in [0.5, 0.6) is 0 Å². The van der Waals surface area contributed by atoms with Gasteiger partial charge in [-0.25, -0.2) is 0 Å². The predicted molar refractivity (Wildman–Crippen MR) is 70.0 cm³/mol. The van der Waals surface area contributed by atoms with Gasteiger partial charge in [0.1, 0.15) is 5.76 Å². The molecule has 0 aliphatic rings. The van der Waals surface area contributed by atoms with Crippen LogP contribution in [0.2, 0.25) is 0 Å². The lowest BCUT2D eigenvalue weighted by Crippen LogP contribution is -2.21. The molecule has 0 saturated heterocycles. The van der Waals surface area contributed by atoms with Crippen LogP contribution in [-0.2, 0) is 6.42 Å². The Hall–Kier alpha value is -1.54. The third-order valence-electron chi connectivity index (χ3n) is 2.98. The van der Waals surface area contributed by atoms with Crippen molar-refractivity contribution < 1.29 is 4.42 Å². The van der Waals surface area contributed by atoms with Crippen LogP contribution >= 0.6 is 0 Å². The minimum absolute atomic E-state index is 0.380. The van der Waals surface area contributed by atoms with Gasteiger partial charge in [0.05, 0.1) is 6.26 Å². The molecule has 1 unspecified atom stereocenters. The van der Waals surface area contributed by atoms with Gasteiger partial charge >= 0.3 is 0 Å². The highest BCUT2D eigenvalue weighted by molar-refractivity contribution is 5.23. The van der Waals surface area contributed by atoms with Crippen molar-refractivity contribution in [3.8, 4) is 0 Å². The minimum atomic E-state index is 0.380. The van der Waals surface area contributed by atoms with Gasteiger partial charge in [-0.1, -0.05) is 29.8 Å². The Morgan fingerprint density at radius 1 is 1.18 bits per heavy atom. The van der Waals surface area contributed by atoms with E-state index < -0.39 is 0 Å². The molecule has 1 aromatic carbocycles. The van der Waals surface area contributed by atoms with Crippen LogP contribution in [0.25, 0.3) is 0 Å². The zero-order chi connectivity index (χ0) is 12.1. The summed E-state index contributed by atoms with van der Waals surface area (Å²) >= 11 is 0. The average Bonchev–Trinajstić information content (AvgIpc) is 2.83. The van der Waals surface area contributed by atoms with E-state index >= 15 is 0 Å². The minimum Gasteiger partial charge on any atom is -0.469 e. The first-order valence-corrected chi connectivity index (χ1v) is 6.08. The lowest BCUT2D eigenvalue weighted by Gasteiger charge is -2.13. The Morgan fingerprint density at radius 3 is 2.59 bits per heavy atom. The molecule has 17 heavy (non-hydrogen) atoms. The van der Waals surface area contributed by atoms with E-state index in [0.717, 1.165) is 18.7 Å². The molecule has 90 valence electrons. The number of hydrogen-bond donors (Lipinski definition) is 1. The molecule has 2 aromatic rings. The molecule has 0 fully saturated rings. The largest absolute Gasteiger partial charge is 0.469 e. The highest BCUT2D eigenvalue weighted by Gasteiger charge is 2.04. The van der Waals surface area contributed by atoms with Gasteiger partial charge < -0.3 is 9.73 Å². The zero-order valence-electron chi connectivity index (χ0n) is 10.4. The summed E-state index contributed by atoms with van der Waals surface area (Å²) in [4.78, 5) is 0. The van der Waals surface area contributed by atoms with Crippen LogP contribution in [0.4, 0.5) is 0 Å². The molecule has 0 saturated carbocycles. The van der Waals surface area contributed by atoms with E-state index in [1.807, 2.05) is 12.1 Å². The second-order valence-electron chi connectivity index (χ2n) is 4.42. The summed E-state index contributed by atoms with van der Waals surface area (Å²) in [5.74, 6) is 1.04. The van der Waals surface area contributed by atoms with Gasteiger partial charge in [-0.3, -0.25) is 0 Å². The predicted octanol–water partition coefficient (Wildman–Crippen LogP) is 3.48. The fraction of sp³-hybridized carbons (Fsp3) is 0.333. The Balaban J connectivity index is 1.81. The summed E-state index contributed by atoms with van der Waals surface area (Å²) in [6, 6.07) is 13.0. The van der Waals surface area contributed by atoms with Crippen LogP contribution < -0.4 is 5.32 Å². The molecule has 2 nitrogen and oxygen atoms in total. The van der Waals surface area contributed by atoms with E-state index in [-0.39, 0.29) is 0 Å². The SMILES string of the molecule is Cc1ccc(C(C)NCCc2ccco2)cc1. The van der Waals surface area contributed by atoms with E-state index in [1.165, 1.54) is 11.1 Å². The van der Waals surface area contributed by atoms with Crippen LogP contribution in [0.1, 0.15) is 29.9 Å². The molecule has 1 heterocycles. The number of rotatable bonds is 5. The van der Waals surface area contributed by atoms with Crippen molar-refractivity contribution in [2.24, 2.45) is 0 Å². The number of furan rings is 1. The maximum atomic E-state index is 5.30. The molecular formula is C15H19NO. The van der Waals surface area contributed by atoms with Gasteiger partial charge in [0.25, 0.3) is 0 Å². The molecule has 2 rings (SSSR count). The van der Waals surface area contributed by atoms with Crippen molar-refractivity contribution in [1.29, 1.82) is 0 Å². The smallest absolute Gasteiger partial charge is 0.105 e. The van der Waals surface area contributed by atoms with Crippen molar-refractivity contribution in [1.82, 2.24) is 5.32 Å². The molecule has 0 amide bonds. The standard InChI is InChI=1S/C15H19NO/c1-12-5-7-14(8-6-12)13(2)16-10-9-15-4-3-11-17-15/h3-8,11,13,16H,9-10H2,1-2H3. The van der Waals surface area contributed by atoms with Gasteiger partial charge in [0, 0.05) is 19.0 Å². The Morgan fingerprint density at radius 2 is 1.94 bits per heavy atom. The summed E-state index contributed by atoms with van der Waals surface area (Å²) in [5, 5.41) is 3.50. The van der Waals surface area contributed by atoms with Crippen molar-refractivity contribution in [3.63, 3.8) is 0 Å². The Bertz CT molecular complexity index is 430. The fourth-order valence-electron chi connectivity index (χ4n) is 1.84. The summed E-state index contributed by atoms with van der Waals surface area (Å²) in [6.45, 7) is 5.23. The first kappa shape index (κ1) is 11.9. The highest BCUT2D eigenvalue weighted by Crippen LogP contribution is 2.13. The molecule has 0 aliphatic carbocycles. The molecule has 2 heteroatoms. The van der Waals surface area contributed by atoms with E-state index in [2.05, 4.69) is 43.4 Å². The molecule has 1 N–H and O–H groups in total. The molecular weight excluding hydrogens is 210 g/mol. The molecule has 0 bridgehead atoms. The lowest BCUT2D eigenvalue weighted by molar-refractivity contribution is 0.486. The van der Waals surface area contributed by atoms with Crippen LogP contribution in [-0.4, -0.2) is 6.54 Å².